The first-order valence-electron chi connectivity index (χ1n) is 5.88. The third-order valence-electron chi connectivity index (χ3n) is 2.46. The van der Waals surface area contributed by atoms with Crippen LogP contribution in [-0.4, -0.2) is 37.8 Å². The van der Waals surface area contributed by atoms with Crippen molar-refractivity contribution in [2.45, 2.75) is 11.8 Å². The first-order valence-corrected chi connectivity index (χ1v) is 8.47. The lowest BCUT2D eigenvalue weighted by Gasteiger charge is -2.16. The molecule has 6 heteroatoms. The van der Waals surface area contributed by atoms with Crippen LogP contribution in [0.3, 0.4) is 0 Å². The van der Waals surface area contributed by atoms with Crippen LogP contribution in [0.4, 0.5) is 5.69 Å². The summed E-state index contributed by atoms with van der Waals surface area (Å²) in [5, 5.41) is 0. The number of nitrogens with two attached hydrogens (primary N) is 1. The van der Waals surface area contributed by atoms with Gasteiger partial charge in [-0.05, 0) is 31.2 Å². The summed E-state index contributed by atoms with van der Waals surface area (Å²) in [7, 11) is -1.63. The summed E-state index contributed by atoms with van der Waals surface area (Å²) in [6.45, 7) is 5.91. The Kier molecular flexibility index (Phi) is 5.90. The molecule has 0 aromatic heterocycles. The average molecular weight is 300 g/mol. The van der Waals surface area contributed by atoms with Crippen LogP contribution in [0.15, 0.2) is 41.3 Å². The van der Waals surface area contributed by atoms with Crippen molar-refractivity contribution in [1.29, 1.82) is 0 Å². The number of anilines is 1. The lowest BCUT2D eigenvalue weighted by Crippen LogP contribution is -2.31. The van der Waals surface area contributed by atoms with E-state index in [9.17, 15) is 8.42 Å². The summed E-state index contributed by atoms with van der Waals surface area (Å²) in [6.07, 6.45) is 0. The van der Waals surface area contributed by atoms with Crippen molar-refractivity contribution >= 4 is 27.5 Å². The zero-order valence-corrected chi connectivity index (χ0v) is 12.9. The number of sulfonamides is 1. The predicted molar refractivity (Wildman–Crippen MR) is 82.8 cm³/mol. The Labute approximate surface area is 119 Å². The number of nitrogens with zero attached hydrogens (tertiary/aromatic N) is 1. The summed E-state index contributed by atoms with van der Waals surface area (Å²) in [6, 6.07) is 7.41. The number of hydrogen-bond donors (Lipinski definition) is 1. The molecule has 0 saturated heterocycles. The summed E-state index contributed by atoms with van der Waals surface area (Å²) < 4.78 is 25.3. The summed E-state index contributed by atoms with van der Waals surface area (Å²) in [5.41, 5.74) is 7.13. The molecule has 0 unspecified atom stereocenters. The highest BCUT2D eigenvalue weighted by Crippen LogP contribution is 2.19. The molecule has 0 bridgehead atoms. The van der Waals surface area contributed by atoms with Crippen LogP contribution in [0.25, 0.3) is 0 Å². The van der Waals surface area contributed by atoms with Crippen molar-refractivity contribution in [3.05, 3.63) is 36.4 Å². The molecule has 0 radical (unpaired) electrons. The van der Waals surface area contributed by atoms with Gasteiger partial charge in [-0.25, -0.2) is 12.7 Å². The Balaban J connectivity index is 2.47. The van der Waals surface area contributed by atoms with Gasteiger partial charge in [-0.3, -0.25) is 0 Å². The molecule has 2 N–H and O–H groups in total. The van der Waals surface area contributed by atoms with E-state index in [1.54, 1.807) is 7.05 Å². The van der Waals surface area contributed by atoms with E-state index in [2.05, 4.69) is 6.58 Å². The zero-order chi connectivity index (χ0) is 14.5. The van der Waals surface area contributed by atoms with E-state index >= 15 is 0 Å². The minimum absolute atomic E-state index is 0.117. The zero-order valence-electron chi connectivity index (χ0n) is 11.3. The second-order valence-corrected chi connectivity index (χ2v) is 7.81. The second kappa shape index (κ2) is 6.98. The standard InChI is InChI=1S/C13H20N2O2S2/c1-11(2)10-15(3)19(16,17)9-8-18-13-6-4-12(14)5-7-13/h4-7H,1,8-10,14H2,2-3H3. The quantitative estimate of drug-likeness (QED) is 0.476. The second-order valence-electron chi connectivity index (χ2n) is 4.45. The number of thioether (sulfide) groups is 1. The van der Waals surface area contributed by atoms with Gasteiger partial charge in [0.05, 0.1) is 5.75 Å². The molecule has 0 aliphatic rings. The van der Waals surface area contributed by atoms with E-state index < -0.39 is 10.0 Å². The van der Waals surface area contributed by atoms with Crippen molar-refractivity contribution in [3.63, 3.8) is 0 Å². The maximum absolute atomic E-state index is 12.0. The van der Waals surface area contributed by atoms with Gasteiger partial charge in [0.15, 0.2) is 0 Å². The van der Waals surface area contributed by atoms with Gasteiger partial charge in [-0.15, -0.1) is 11.8 Å². The predicted octanol–water partition coefficient (Wildman–Crippen LogP) is 2.20. The van der Waals surface area contributed by atoms with Crippen LogP contribution in [0.1, 0.15) is 6.92 Å². The molecule has 0 fully saturated rings. The Morgan fingerprint density at radius 1 is 1.37 bits per heavy atom. The van der Waals surface area contributed by atoms with Gasteiger partial charge >= 0.3 is 0 Å². The first kappa shape index (κ1) is 16.1. The molecule has 1 aromatic carbocycles. The molecule has 0 spiro atoms. The lowest BCUT2D eigenvalue weighted by atomic mass is 10.3. The normalized spacial score (nSPS) is 11.7. The van der Waals surface area contributed by atoms with Crippen LogP contribution in [0.2, 0.25) is 0 Å². The van der Waals surface area contributed by atoms with Crippen LogP contribution in [-0.2, 0) is 10.0 Å². The highest BCUT2D eigenvalue weighted by molar-refractivity contribution is 8.00. The van der Waals surface area contributed by atoms with Crippen molar-refractivity contribution in [2.75, 3.05) is 30.8 Å². The fourth-order valence-electron chi connectivity index (χ4n) is 1.46. The van der Waals surface area contributed by atoms with Crippen molar-refractivity contribution in [1.82, 2.24) is 4.31 Å². The first-order chi connectivity index (χ1) is 8.81. The Morgan fingerprint density at radius 3 is 2.47 bits per heavy atom. The number of benzene rings is 1. The summed E-state index contributed by atoms with van der Waals surface area (Å²) >= 11 is 1.51. The van der Waals surface area contributed by atoms with Gasteiger partial charge in [0.25, 0.3) is 0 Å². The van der Waals surface area contributed by atoms with E-state index in [4.69, 9.17) is 5.73 Å². The van der Waals surface area contributed by atoms with Crippen LogP contribution in [0.5, 0.6) is 0 Å². The lowest BCUT2D eigenvalue weighted by molar-refractivity contribution is 0.494. The SMILES string of the molecule is C=C(C)CN(C)S(=O)(=O)CCSc1ccc(N)cc1. The van der Waals surface area contributed by atoms with Crippen LogP contribution in [0, 0.1) is 0 Å². The summed E-state index contributed by atoms with van der Waals surface area (Å²) in [5.74, 6) is 0.638. The van der Waals surface area contributed by atoms with Gasteiger partial charge in [0.2, 0.25) is 10.0 Å². The molecule has 0 saturated carbocycles. The topological polar surface area (TPSA) is 63.4 Å². The Hall–Kier alpha value is -0.980. The maximum atomic E-state index is 12.0. The van der Waals surface area contributed by atoms with Crippen LogP contribution >= 0.6 is 11.8 Å². The number of likely N-dealkylation sites (N-methyl/N-ethyl adjacent to an activating group) is 1. The number of nitrogen functional groups attached to an aromatic ring is 1. The molecular formula is C13H20N2O2S2. The van der Waals surface area contributed by atoms with Crippen molar-refractivity contribution < 1.29 is 8.42 Å². The number of rotatable bonds is 7. The smallest absolute Gasteiger partial charge is 0.214 e. The van der Waals surface area contributed by atoms with Crippen molar-refractivity contribution in [2.24, 2.45) is 0 Å². The minimum Gasteiger partial charge on any atom is -0.399 e. The van der Waals surface area contributed by atoms with E-state index in [1.165, 1.54) is 16.1 Å². The van der Waals surface area contributed by atoms with E-state index in [0.29, 0.717) is 18.0 Å². The largest absolute Gasteiger partial charge is 0.399 e. The fourth-order valence-corrected chi connectivity index (χ4v) is 3.93. The molecule has 1 aromatic rings. The van der Waals surface area contributed by atoms with E-state index in [-0.39, 0.29) is 5.75 Å². The molecule has 19 heavy (non-hydrogen) atoms. The minimum atomic E-state index is -3.21. The van der Waals surface area contributed by atoms with E-state index in [1.807, 2.05) is 31.2 Å². The van der Waals surface area contributed by atoms with Gasteiger partial charge in [0, 0.05) is 29.9 Å². The molecular weight excluding hydrogens is 280 g/mol. The summed E-state index contributed by atoms with van der Waals surface area (Å²) in [4.78, 5) is 1.02. The maximum Gasteiger partial charge on any atom is 0.214 e. The monoisotopic (exact) mass is 300 g/mol. The third kappa shape index (κ3) is 5.67. The number of hydrogen-bond acceptors (Lipinski definition) is 4. The molecule has 1 rings (SSSR count). The molecule has 0 aliphatic carbocycles. The van der Waals surface area contributed by atoms with Crippen molar-refractivity contribution in [3.8, 4) is 0 Å². The fraction of sp³-hybridized carbons (Fsp3) is 0.385. The highest BCUT2D eigenvalue weighted by atomic mass is 32.2. The Bertz CT molecular complexity index is 524. The molecule has 4 nitrogen and oxygen atoms in total. The molecule has 106 valence electrons. The van der Waals surface area contributed by atoms with Gasteiger partial charge in [0.1, 0.15) is 0 Å². The third-order valence-corrected chi connectivity index (χ3v) is 5.53. The average Bonchev–Trinajstić information content (AvgIpc) is 2.30. The Morgan fingerprint density at radius 2 is 1.95 bits per heavy atom. The molecule has 0 amide bonds. The molecule has 0 aliphatic heterocycles. The van der Waals surface area contributed by atoms with Crippen LogP contribution < -0.4 is 5.73 Å². The van der Waals surface area contributed by atoms with Gasteiger partial charge in [-0.2, -0.15) is 0 Å². The van der Waals surface area contributed by atoms with E-state index in [0.717, 1.165) is 10.5 Å². The van der Waals surface area contributed by atoms with Gasteiger partial charge in [-0.1, -0.05) is 12.2 Å². The van der Waals surface area contributed by atoms with Gasteiger partial charge < -0.3 is 5.73 Å². The molecule has 0 atom stereocenters. The highest BCUT2D eigenvalue weighted by Gasteiger charge is 2.17. The molecule has 0 heterocycles.